The van der Waals surface area contributed by atoms with E-state index in [4.69, 9.17) is 26.4 Å². The van der Waals surface area contributed by atoms with E-state index < -0.39 is 5.97 Å². The number of hydrogen-bond donors (Lipinski definition) is 2. The van der Waals surface area contributed by atoms with E-state index in [1.54, 1.807) is 0 Å². The van der Waals surface area contributed by atoms with Crippen LogP contribution in [0.3, 0.4) is 0 Å². The fourth-order valence-electron chi connectivity index (χ4n) is 3.17. The monoisotopic (exact) mass is 456 g/mol. The molecule has 2 aromatic carbocycles. The summed E-state index contributed by atoms with van der Waals surface area (Å²) in [7, 11) is 0. The summed E-state index contributed by atoms with van der Waals surface area (Å²) in [6, 6.07) is 17.0. The Morgan fingerprint density at radius 1 is 1.06 bits per heavy atom. The summed E-state index contributed by atoms with van der Waals surface area (Å²) in [4.78, 5) is 23.8. The molecule has 2 aromatic rings. The summed E-state index contributed by atoms with van der Waals surface area (Å²) >= 11 is 5.17. The average Bonchev–Trinajstić information content (AvgIpc) is 3.32. The fraction of sp³-hybridized carbons (Fsp3) is 0.375. The van der Waals surface area contributed by atoms with Crippen LogP contribution in [0.15, 0.2) is 54.6 Å². The highest BCUT2D eigenvalue weighted by molar-refractivity contribution is 7.80. The molecule has 0 saturated carbocycles. The van der Waals surface area contributed by atoms with Crippen LogP contribution in [0.5, 0.6) is 5.75 Å². The Balaban J connectivity index is 1.29. The van der Waals surface area contributed by atoms with Gasteiger partial charge in [0.05, 0.1) is 19.1 Å². The molecule has 1 saturated heterocycles. The smallest absolute Gasteiger partial charge is 0.306 e. The van der Waals surface area contributed by atoms with Gasteiger partial charge in [-0.3, -0.25) is 9.59 Å². The number of anilines is 1. The van der Waals surface area contributed by atoms with Gasteiger partial charge in [0.2, 0.25) is 5.91 Å². The first kappa shape index (κ1) is 23.7. The lowest BCUT2D eigenvalue weighted by molar-refractivity contribution is -0.144. The zero-order valence-corrected chi connectivity index (χ0v) is 18.7. The van der Waals surface area contributed by atoms with Crippen LogP contribution < -0.4 is 15.4 Å². The molecule has 7 nitrogen and oxygen atoms in total. The van der Waals surface area contributed by atoms with Crippen LogP contribution in [0.4, 0.5) is 5.69 Å². The van der Waals surface area contributed by atoms with Gasteiger partial charge in [0, 0.05) is 25.1 Å². The van der Waals surface area contributed by atoms with Crippen LogP contribution in [-0.2, 0) is 25.5 Å². The third-order valence-corrected chi connectivity index (χ3v) is 5.08. The average molecular weight is 457 g/mol. The molecule has 0 aromatic heterocycles. The number of ether oxygens (including phenoxy) is 3. The number of carbonyl (C=O) groups excluding carboxylic acids is 2. The highest BCUT2D eigenvalue weighted by Crippen LogP contribution is 2.18. The number of rotatable bonds is 10. The minimum absolute atomic E-state index is 0.0000193. The molecule has 2 N–H and O–H groups in total. The highest BCUT2D eigenvalue weighted by Gasteiger charge is 2.16. The molecule has 3 rings (SSSR count). The molecule has 1 amide bonds. The molecule has 1 heterocycles. The van der Waals surface area contributed by atoms with E-state index in [1.165, 1.54) is 0 Å². The molecule has 1 aliphatic heterocycles. The van der Waals surface area contributed by atoms with Crippen molar-refractivity contribution in [2.75, 3.05) is 25.1 Å². The summed E-state index contributed by atoms with van der Waals surface area (Å²) in [5, 5.41) is 5.68. The standard InChI is InChI=1S/C24H28N2O5S/c27-22(12-13-23(28)30-16-14-18-5-2-1-3-6-18)26-24(32)25-19-8-10-20(11-9-19)31-17-21-7-4-15-29-21/h1-3,5-6,8-11,21H,4,7,12-17H2,(H2,25,26,27,32). The van der Waals surface area contributed by atoms with E-state index in [-0.39, 0.29) is 36.6 Å². The van der Waals surface area contributed by atoms with Crippen LogP contribution in [-0.4, -0.2) is 42.9 Å². The molecule has 1 unspecified atom stereocenters. The molecule has 0 bridgehead atoms. The van der Waals surface area contributed by atoms with Crippen LogP contribution in [0, 0.1) is 0 Å². The van der Waals surface area contributed by atoms with Gasteiger partial charge in [0.1, 0.15) is 12.4 Å². The predicted molar refractivity (Wildman–Crippen MR) is 126 cm³/mol. The van der Waals surface area contributed by atoms with Gasteiger partial charge in [-0.1, -0.05) is 30.3 Å². The van der Waals surface area contributed by atoms with E-state index in [9.17, 15) is 9.59 Å². The zero-order valence-electron chi connectivity index (χ0n) is 17.9. The molecule has 8 heteroatoms. The summed E-state index contributed by atoms with van der Waals surface area (Å²) in [6.45, 7) is 1.63. The van der Waals surface area contributed by atoms with E-state index in [0.717, 1.165) is 36.4 Å². The molecule has 0 aliphatic carbocycles. The predicted octanol–water partition coefficient (Wildman–Crippen LogP) is 3.62. The molecule has 0 spiro atoms. The molecule has 1 atom stereocenters. The van der Waals surface area contributed by atoms with Gasteiger partial charge in [-0.25, -0.2) is 0 Å². The van der Waals surface area contributed by atoms with E-state index in [2.05, 4.69) is 10.6 Å². The topological polar surface area (TPSA) is 85.9 Å². The van der Waals surface area contributed by atoms with Crippen molar-refractivity contribution in [3.8, 4) is 5.75 Å². The molecule has 0 radical (unpaired) electrons. The summed E-state index contributed by atoms with van der Waals surface area (Å²) in [5.74, 6) is -0.0145. The Labute approximate surface area is 193 Å². The lowest BCUT2D eigenvalue weighted by atomic mass is 10.2. The lowest BCUT2D eigenvalue weighted by Gasteiger charge is -2.13. The van der Waals surface area contributed by atoms with Crippen molar-refractivity contribution >= 4 is 34.9 Å². The SMILES string of the molecule is O=C(CCC(=O)OCCc1ccccc1)NC(=S)Nc1ccc(OCC2CCCO2)cc1. The summed E-state index contributed by atoms with van der Waals surface area (Å²) in [5.41, 5.74) is 1.82. The second-order valence-corrected chi connectivity index (χ2v) is 7.84. The van der Waals surface area contributed by atoms with E-state index >= 15 is 0 Å². The van der Waals surface area contributed by atoms with Gasteiger partial charge >= 0.3 is 5.97 Å². The Morgan fingerprint density at radius 2 is 1.84 bits per heavy atom. The Kier molecular flexibility index (Phi) is 9.46. The van der Waals surface area contributed by atoms with Crippen molar-refractivity contribution in [2.45, 2.75) is 38.2 Å². The number of hydrogen-bond acceptors (Lipinski definition) is 6. The van der Waals surface area contributed by atoms with E-state index in [0.29, 0.717) is 13.0 Å². The number of nitrogens with one attached hydrogen (secondary N) is 2. The van der Waals surface area contributed by atoms with Crippen LogP contribution in [0.1, 0.15) is 31.2 Å². The molecular weight excluding hydrogens is 428 g/mol. The Hall–Kier alpha value is -2.97. The maximum absolute atomic E-state index is 12.0. The highest BCUT2D eigenvalue weighted by atomic mass is 32.1. The van der Waals surface area contributed by atoms with Gasteiger partial charge in [0.25, 0.3) is 0 Å². The molecule has 1 fully saturated rings. The first-order valence-corrected chi connectivity index (χ1v) is 11.1. The zero-order chi connectivity index (χ0) is 22.6. The second kappa shape index (κ2) is 12.8. The minimum Gasteiger partial charge on any atom is -0.491 e. The third-order valence-electron chi connectivity index (χ3n) is 4.88. The van der Waals surface area contributed by atoms with Crippen molar-refractivity contribution in [1.82, 2.24) is 5.32 Å². The molecule has 32 heavy (non-hydrogen) atoms. The van der Waals surface area contributed by atoms with Crippen molar-refractivity contribution in [3.05, 3.63) is 60.2 Å². The third kappa shape index (κ3) is 8.64. The Bertz CT molecular complexity index is 883. The van der Waals surface area contributed by atoms with Gasteiger partial charge in [0.15, 0.2) is 5.11 Å². The maximum atomic E-state index is 12.0. The van der Waals surface area contributed by atoms with Crippen LogP contribution in [0.2, 0.25) is 0 Å². The van der Waals surface area contributed by atoms with Gasteiger partial charge < -0.3 is 24.8 Å². The van der Waals surface area contributed by atoms with Crippen molar-refractivity contribution < 1.29 is 23.8 Å². The lowest BCUT2D eigenvalue weighted by Crippen LogP contribution is -2.34. The second-order valence-electron chi connectivity index (χ2n) is 7.43. The van der Waals surface area contributed by atoms with Crippen LogP contribution >= 0.6 is 12.2 Å². The van der Waals surface area contributed by atoms with Gasteiger partial charge in [-0.15, -0.1) is 0 Å². The number of esters is 1. The molecule has 1 aliphatic rings. The van der Waals surface area contributed by atoms with Gasteiger partial charge in [-0.05, 0) is 54.9 Å². The van der Waals surface area contributed by atoms with Gasteiger partial charge in [-0.2, -0.15) is 0 Å². The summed E-state index contributed by atoms with van der Waals surface area (Å²) in [6.07, 6.45) is 2.92. The van der Waals surface area contributed by atoms with Crippen molar-refractivity contribution in [1.29, 1.82) is 0 Å². The van der Waals surface area contributed by atoms with Crippen LogP contribution in [0.25, 0.3) is 0 Å². The minimum atomic E-state index is -0.409. The first-order chi connectivity index (χ1) is 15.6. The number of amides is 1. The van der Waals surface area contributed by atoms with Crippen molar-refractivity contribution in [3.63, 3.8) is 0 Å². The number of thiocarbonyl (C=S) groups is 1. The number of benzene rings is 2. The quantitative estimate of drug-likeness (QED) is 0.417. The maximum Gasteiger partial charge on any atom is 0.306 e. The first-order valence-electron chi connectivity index (χ1n) is 10.7. The molecule has 170 valence electrons. The molecular formula is C24H28N2O5S. The van der Waals surface area contributed by atoms with Crippen molar-refractivity contribution in [2.24, 2.45) is 0 Å². The Morgan fingerprint density at radius 3 is 2.56 bits per heavy atom. The largest absolute Gasteiger partial charge is 0.491 e. The van der Waals surface area contributed by atoms with E-state index in [1.807, 2.05) is 54.6 Å². The normalized spacial score (nSPS) is 15.1. The summed E-state index contributed by atoms with van der Waals surface area (Å²) < 4.78 is 16.4. The fourth-order valence-corrected chi connectivity index (χ4v) is 3.40. The number of carbonyl (C=O) groups is 2.